The third-order valence-electron chi connectivity index (χ3n) is 3.42. The minimum Gasteiger partial charge on any atom is -0.383 e. The van der Waals surface area contributed by atoms with Crippen molar-refractivity contribution in [2.75, 3.05) is 11.1 Å². The van der Waals surface area contributed by atoms with Crippen molar-refractivity contribution in [3.05, 3.63) is 47.3 Å². The highest BCUT2D eigenvalue weighted by Crippen LogP contribution is 2.29. The summed E-state index contributed by atoms with van der Waals surface area (Å²) in [5.74, 6) is 1.65. The molecule has 1 aromatic heterocycles. The monoisotopic (exact) mass is 270 g/mol. The maximum absolute atomic E-state index is 5.97. The molecule has 4 nitrogen and oxygen atoms in total. The van der Waals surface area contributed by atoms with Crippen LogP contribution in [0.2, 0.25) is 0 Å². The van der Waals surface area contributed by atoms with Crippen LogP contribution < -0.4 is 11.1 Å². The Morgan fingerprint density at radius 1 is 1.05 bits per heavy atom. The van der Waals surface area contributed by atoms with Crippen LogP contribution in [0.4, 0.5) is 11.6 Å². The van der Waals surface area contributed by atoms with E-state index in [9.17, 15) is 0 Å². The lowest BCUT2D eigenvalue weighted by atomic mass is 10.0. The highest BCUT2D eigenvalue weighted by Gasteiger charge is 2.15. The molecular formula is C16H22N4. The molecule has 0 saturated heterocycles. The van der Waals surface area contributed by atoms with Gasteiger partial charge in [0.1, 0.15) is 18.0 Å². The molecule has 1 atom stereocenters. The summed E-state index contributed by atoms with van der Waals surface area (Å²) in [5.41, 5.74) is 9.43. The molecule has 3 N–H and O–H groups in total. The van der Waals surface area contributed by atoms with E-state index >= 15 is 0 Å². The topological polar surface area (TPSA) is 63.8 Å². The number of nitrogens with one attached hydrogen (secondary N) is 1. The molecule has 1 unspecified atom stereocenters. The Kier molecular flexibility index (Phi) is 4.23. The number of aromatic nitrogens is 2. The Hall–Kier alpha value is -2.10. The first kappa shape index (κ1) is 14.3. The van der Waals surface area contributed by atoms with Crippen molar-refractivity contribution < 1.29 is 0 Å². The zero-order chi connectivity index (χ0) is 14.7. The molecule has 0 aliphatic carbocycles. The molecule has 0 bridgehead atoms. The van der Waals surface area contributed by atoms with Gasteiger partial charge >= 0.3 is 0 Å². The van der Waals surface area contributed by atoms with E-state index in [0.29, 0.717) is 5.82 Å². The SMILES string of the molecule is Cc1ccc(C(C)Nc2ncnc(N)c2C(C)C)cc1. The molecule has 2 rings (SSSR count). The van der Waals surface area contributed by atoms with Crippen molar-refractivity contribution in [3.63, 3.8) is 0 Å². The van der Waals surface area contributed by atoms with E-state index in [1.54, 1.807) is 0 Å². The smallest absolute Gasteiger partial charge is 0.135 e. The zero-order valence-electron chi connectivity index (χ0n) is 12.5. The van der Waals surface area contributed by atoms with Crippen molar-refractivity contribution in [1.82, 2.24) is 9.97 Å². The van der Waals surface area contributed by atoms with Crippen molar-refractivity contribution >= 4 is 11.6 Å². The number of anilines is 2. The van der Waals surface area contributed by atoms with Gasteiger partial charge in [-0.25, -0.2) is 9.97 Å². The number of hydrogen-bond acceptors (Lipinski definition) is 4. The molecule has 1 aromatic carbocycles. The van der Waals surface area contributed by atoms with Gasteiger partial charge < -0.3 is 11.1 Å². The van der Waals surface area contributed by atoms with E-state index in [2.05, 4.69) is 67.2 Å². The van der Waals surface area contributed by atoms with Crippen molar-refractivity contribution in [2.24, 2.45) is 0 Å². The predicted molar refractivity (Wildman–Crippen MR) is 83.8 cm³/mol. The summed E-state index contributed by atoms with van der Waals surface area (Å²) in [6.07, 6.45) is 1.51. The van der Waals surface area contributed by atoms with Crippen LogP contribution >= 0.6 is 0 Å². The lowest BCUT2D eigenvalue weighted by Gasteiger charge is -2.19. The highest BCUT2D eigenvalue weighted by molar-refractivity contribution is 5.57. The minimum atomic E-state index is 0.169. The van der Waals surface area contributed by atoms with Gasteiger partial charge in [0, 0.05) is 11.6 Å². The Morgan fingerprint density at radius 3 is 2.30 bits per heavy atom. The molecule has 0 amide bonds. The largest absolute Gasteiger partial charge is 0.383 e. The summed E-state index contributed by atoms with van der Waals surface area (Å²) in [7, 11) is 0. The second kappa shape index (κ2) is 5.90. The lowest BCUT2D eigenvalue weighted by molar-refractivity contribution is 0.822. The molecule has 0 aliphatic heterocycles. The first-order valence-electron chi connectivity index (χ1n) is 6.92. The normalized spacial score (nSPS) is 12.4. The number of rotatable bonds is 4. The van der Waals surface area contributed by atoms with Gasteiger partial charge in [-0.05, 0) is 25.3 Å². The molecule has 2 aromatic rings. The van der Waals surface area contributed by atoms with Gasteiger partial charge in [-0.1, -0.05) is 43.7 Å². The first-order valence-corrected chi connectivity index (χ1v) is 6.92. The fourth-order valence-corrected chi connectivity index (χ4v) is 2.24. The van der Waals surface area contributed by atoms with Gasteiger partial charge in [-0.3, -0.25) is 0 Å². The summed E-state index contributed by atoms with van der Waals surface area (Å²) >= 11 is 0. The van der Waals surface area contributed by atoms with Crippen LogP contribution in [-0.4, -0.2) is 9.97 Å². The Bertz CT molecular complexity index is 576. The fourth-order valence-electron chi connectivity index (χ4n) is 2.24. The third-order valence-corrected chi connectivity index (χ3v) is 3.42. The first-order chi connectivity index (χ1) is 9.49. The van der Waals surface area contributed by atoms with Crippen LogP contribution in [0.5, 0.6) is 0 Å². The summed E-state index contributed by atoms with van der Waals surface area (Å²) in [5, 5.41) is 3.44. The summed E-state index contributed by atoms with van der Waals surface area (Å²) in [6.45, 7) is 8.39. The third kappa shape index (κ3) is 3.07. The molecule has 0 spiro atoms. The number of hydrogen-bond donors (Lipinski definition) is 2. The van der Waals surface area contributed by atoms with E-state index in [0.717, 1.165) is 11.4 Å². The van der Waals surface area contributed by atoms with Gasteiger partial charge in [0.15, 0.2) is 0 Å². The van der Waals surface area contributed by atoms with E-state index in [1.165, 1.54) is 17.5 Å². The standard InChI is InChI=1S/C16H22N4/c1-10(2)14-15(17)18-9-19-16(14)20-12(4)13-7-5-11(3)6-8-13/h5-10,12H,1-4H3,(H3,17,18,19,20). The zero-order valence-corrected chi connectivity index (χ0v) is 12.5. The predicted octanol–water partition coefficient (Wildman–Crippen LogP) is 3.66. The van der Waals surface area contributed by atoms with Gasteiger partial charge in [-0.15, -0.1) is 0 Å². The molecular weight excluding hydrogens is 248 g/mol. The van der Waals surface area contributed by atoms with E-state index in [4.69, 9.17) is 5.73 Å². The van der Waals surface area contributed by atoms with Gasteiger partial charge in [0.25, 0.3) is 0 Å². The second-order valence-corrected chi connectivity index (χ2v) is 5.45. The highest BCUT2D eigenvalue weighted by atomic mass is 15.1. The Labute approximate surface area is 120 Å². The van der Waals surface area contributed by atoms with Crippen LogP contribution in [0.3, 0.4) is 0 Å². The maximum atomic E-state index is 5.97. The summed E-state index contributed by atoms with van der Waals surface area (Å²) < 4.78 is 0. The average molecular weight is 270 g/mol. The van der Waals surface area contributed by atoms with Crippen LogP contribution in [0.25, 0.3) is 0 Å². The van der Waals surface area contributed by atoms with Crippen molar-refractivity contribution in [1.29, 1.82) is 0 Å². The molecule has 0 aliphatic rings. The van der Waals surface area contributed by atoms with Crippen molar-refractivity contribution in [2.45, 2.75) is 39.7 Å². The van der Waals surface area contributed by atoms with Crippen LogP contribution in [0.15, 0.2) is 30.6 Å². The van der Waals surface area contributed by atoms with Crippen LogP contribution in [0.1, 0.15) is 49.4 Å². The minimum absolute atomic E-state index is 0.169. The van der Waals surface area contributed by atoms with Gasteiger partial charge in [-0.2, -0.15) is 0 Å². The van der Waals surface area contributed by atoms with Crippen LogP contribution in [0, 0.1) is 6.92 Å². The summed E-state index contributed by atoms with van der Waals surface area (Å²) in [4.78, 5) is 8.42. The molecule has 0 radical (unpaired) electrons. The molecule has 4 heteroatoms. The van der Waals surface area contributed by atoms with E-state index in [-0.39, 0.29) is 12.0 Å². The average Bonchev–Trinajstić information content (AvgIpc) is 2.39. The molecule has 1 heterocycles. The molecule has 20 heavy (non-hydrogen) atoms. The molecule has 0 fully saturated rings. The van der Waals surface area contributed by atoms with Crippen molar-refractivity contribution in [3.8, 4) is 0 Å². The quantitative estimate of drug-likeness (QED) is 0.889. The Morgan fingerprint density at radius 2 is 1.70 bits per heavy atom. The number of benzene rings is 1. The number of aryl methyl sites for hydroxylation is 1. The number of nitrogen functional groups attached to an aromatic ring is 1. The number of nitrogens with two attached hydrogens (primary N) is 1. The maximum Gasteiger partial charge on any atom is 0.135 e. The van der Waals surface area contributed by atoms with E-state index in [1.807, 2.05) is 0 Å². The lowest BCUT2D eigenvalue weighted by Crippen LogP contribution is -2.13. The van der Waals surface area contributed by atoms with E-state index < -0.39 is 0 Å². The molecule has 0 saturated carbocycles. The Balaban J connectivity index is 2.26. The number of nitrogens with zero attached hydrogens (tertiary/aromatic N) is 2. The second-order valence-electron chi connectivity index (χ2n) is 5.45. The van der Waals surface area contributed by atoms with Gasteiger partial charge in [0.2, 0.25) is 0 Å². The molecule has 106 valence electrons. The van der Waals surface area contributed by atoms with Gasteiger partial charge in [0.05, 0.1) is 0 Å². The summed E-state index contributed by atoms with van der Waals surface area (Å²) in [6, 6.07) is 8.66. The fraction of sp³-hybridized carbons (Fsp3) is 0.375. The van der Waals surface area contributed by atoms with Crippen LogP contribution in [-0.2, 0) is 0 Å².